The van der Waals surface area contributed by atoms with Crippen molar-refractivity contribution >= 4 is 5.82 Å². The Morgan fingerprint density at radius 2 is 2.09 bits per heavy atom. The maximum Gasteiger partial charge on any atom is 0.471 e. The van der Waals surface area contributed by atoms with Gasteiger partial charge in [-0.05, 0) is 12.1 Å². The zero-order valence-electron chi connectivity index (χ0n) is 11.7. The molecule has 3 rings (SSSR count). The van der Waals surface area contributed by atoms with E-state index in [4.69, 9.17) is 0 Å². The van der Waals surface area contributed by atoms with Crippen LogP contribution in [-0.2, 0) is 19.8 Å². The molecule has 8 nitrogen and oxygen atoms in total. The summed E-state index contributed by atoms with van der Waals surface area (Å²) in [6, 6.07) is 3.20. The fourth-order valence-electron chi connectivity index (χ4n) is 1.73. The van der Waals surface area contributed by atoms with Crippen LogP contribution < -0.4 is 5.32 Å². The van der Waals surface area contributed by atoms with Crippen molar-refractivity contribution in [3.63, 3.8) is 0 Å². The molecule has 0 unspecified atom stereocenters. The second-order valence-electron chi connectivity index (χ2n) is 4.53. The molecule has 0 spiro atoms. The zero-order chi connectivity index (χ0) is 16.4. The average molecular weight is 325 g/mol. The van der Waals surface area contributed by atoms with E-state index in [2.05, 4.69) is 35.2 Å². The van der Waals surface area contributed by atoms with Gasteiger partial charge in [0.1, 0.15) is 0 Å². The smallest absolute Gasteiger partial charge is 0.362 e. The van der Waals surface area contributed by atoms with Crippen LogP contribution in [0.4, 0.5) is 19.0 Å². The molecular formula is C12H10F3N7O. The molecule has 3 heterocycles. The van der Waals surface area contributed by atoms with Gasteiger partial charge in [-0.3, -0.25) is 4.98 Å². The Hall–Kier alpha value is -2.98. The molecule has 120 valence electrons. The maximum atomic E-state index is 12.4. The number of halogens is 3. The normalized spacial score (nSPS) is 11.7. The molecule has 0 atom stereocenters. The first-order valence-corrected chi connectivity index (χ1v) is 6.38. The van der Waals surface area contributed by atoms with Crippen molar-refractivity contribution in [2.75, 3.05) is 5.32 Å². The van der Waals surface area contributed by atoms with Gasteiger partial charge in [0.05, 0.1) is 18.4 Å². The van der Waals surface area contributed by atoms with Crippen molar-refractivity contribution in [1.29, 1.82) is 0 Å². The molecule has 0 saturated carbocycles. The number of aromatic nitrogens is 6. The zero-order valence-corrected chi connectivity index (χ0v) is 11.7. The number of pyridine rings is 1. The molecule has 3 aromatic heterocycles. The summed E-state index contributed by atoms with van der Waals surface area (Å²) in [5.74, 6) is -0.967. The molecule has 0 radical (unpaired) electrons. The molecule has 0 aliphatic carbocycles. The molecule has 11 heteroatoms. The largest absolute Gasteiger partial charge is 0.471 e. The Labute approximate surface area is 127 Å². The number of alkyl halides is 3. The lowest BCUT2D eigenvalue weighted by atomic mass is 10.2. The maximum absolute atomic E-state index is 12.4. The highest BCUT2D eigenvalue weighted by atomic mass is 19.4. The molecule has 0 bridgehead atoms. The third-order valence-corrected chi connectivity index (χ3v) is 2.80. The first-order valence-electron chi connectivity index (χ1n) is 6.38. The van der Waals surface area contributed by atoms with Crippen LogP contribution in [0.25, 0.3) is 11.4 Å². The molecule has 0 aliphatic heterocycles. The number of rotatable bonds is 4. The second kappa shape index (κ2) is 5.66. The van der Waals surface area contributed by atoms with Crippen molar-refractivity contribution < 1.29 is 17.7 Å². The van der Waals surface area contributed by atoms with Crippen molar-refractivity contribution in [3.8, 4) is 11.4 Å². The van der Waals surface area contributed by atoms with E-state index in [0.717, 1.165) is 0 Å². The van der Waals surface area contributed by atoms with Gasteiger partial charge in [-0.2, -0.15) is 28.1 Å². The Morgan fingerprint density at radius 3 is 2.65 bits per heavy atom. The lowest BCUT2D eigenvalue weighted by molar-refractivity contribution is -0.159. The first-order chi connectivity index (χ1) is 10.9. The predicted molar refractivity (Wildman–Crippen MR) is 70.9 cm³/mol. The minimum absolute atomic E-state index is 0.168. The summed E-state index contributed by atoms with van der Waals surface area (Å²) in [5.41, 5.74) is 0.992. The summed E-state index contributed by atoms with van der Waals surface area (Å²) < 4.78 is 41.4. The lowest BCUT2D eigenvalue weighted by Gasteiger charge is -2.02. The van der Waals surface area contributed by atoms with Gasteiger partial charge in [0.25, 0.3) is 0 Å². The summed E-state index contributed by atoms with van der Waals surface area (Å²) >= 11 is 0. The Bertz CT molecular complexity index is 794. The van der Waals surface area contributed by atoms with E-state index in [9.17, 15) is 13.2 Å². The van der Waals surface area contributed by atoms with Crippen molar-refractivity contribution in [2.24, 2.45) is 7.05 Å². The predicted octanol–water partition coefficient (Wildman–Crippen LogP) is 1.89. The third-order valence-electron chi connectivity index (χ3n) is 2.80. The molecule has 1 N–H and O–H groups in total. The van der Waals surface area contributed by atoms with Crippen molar-refractivity contribution in [3.05, 3.63) is 36.1 Å². The van der Waals surface area contributed by atoms with Gasteiger partial charge < -0.3 is 9.84 Å². The van der Waals surface area contributed by atoms with Gasteiger partial charge in [-0.15, -0.1) is 5.10 Å². The van der Waals surface area contributed by atoms with Crippen LogP contribution in [0, 0.1) is 0 Å². The van der Waals surface area contributed by atoms with Crippen LogP contribution in [0.15, 0.2) is 29.0 Å². The van der Waals surface area contributed by atoms with Crippen LogP contribution in [0.2, 0.25) is 0 Å². The number of nitrogens with zero attached hydrogens (tertiary/aromatic N) is 6. The summed E-state index contributed by atoms with van der Waals surface area (Å²) in [6.45, 7) is 0.388. The van der Waals surface area contributed by atoms with E-state index in [1.54, 1.807) is 25.4 Å². The Balaban J connectivity index is 1.68. The first kappa shape index (κ1) is 14.9. The number of anilines is 1. The van der Waals surface area contributed by atoms with Gasteiger partial charge in [0.2, 0.25) is 5.82 Å². The van der Waals surface area contributed by atoms with Crippen LogP contribution in [0.3, 0.4) is 0 Å². The topological polar surface area (TPSA) is 94.6 Å². The van der Waals surface area contributed by atoms with Gasteiger partial charge >= 0.3 is 12.1 Å². The van der Waals surface area contributed by atoms with Crippen LogP contribution in [-0.4, -0.2) is 30.1 Å². The molecule has 0 saturated heterocycles. The molecule has 23 heavy (non-hydrogen) atoms. The quantitative estimate of drug-likeness (QED) is 0.782. The average Bonchev–Trinajstić information content (AvgIpc) is 3.14. The Morgan fingerprint density at radius 1 is 1.26 bits per heavy atom. The van der Waals surface area contributed by atoms with Crippen LogP contribution in [0.1, 0.15) is 11.6 Å². The van der Waals surface area contributed by atoms with Gasteiger partial charge in [0, 0.05) is 18.8 Å². The highest BCUT2D eigenvalue weighted by Crippen LogP contribution is 2.29. The second-order valence-corrected chi connectivity index (χ2v) is 4.53. The summed E-state index contributed by atoms with van der Waals surface area (Å²) in [4.78, 5) is 8.84. The Kier molecular flexibility index (Phi) is 3.68. The molecule has 0 amide bonds. The SMILES string of the molecule is Cn1ncc(NCc2ccc(-c3noc(C(F)(F)F)n3)cn2)n1. The van der Waals surface area contributed by atoms with Crippen LogP contribution in [0.5, 0.6) is 0 Å². The molecule has 3 aromatic rings. The van der Waals surface area contributed by atoms with Gasteiger partial charge in [-0.1, -0.05) is 5.16 Å². The fourth-order valence-corrected chi connectivity index (χ4v) is 1.73. The number of nitrogens with one attached hydrogen (secondary N) is 1. The molecule has 0 aliphatic rings. The van der Waals surface area contributed by atoms with Gasteiger partial charge in [0.15, 0.2) is 5.82 Å². The summed E-state index contributed by atoms with van der Waals surface area (Å²) in [6.07, 6.45) is -1.73. The van der Waals surface area contributed by atoms with Crippen molar-refractivity contribution in [2.45, 2.75) is 12.7 Å². The summed E-state index contributed by atoms with van der Waals surface area (Å²) in [5, 5.41) is 14.3. The highest BCUT2D eigenvalue weighted by Gasteiger charge is 2.38. The number of hydrogen-bond acceptors (Lipinski definition) is 7. The lowest BCUT2D eigenvalue weighted by Crippen LogP contribution is -2.05. The van der Waals surface area contributed by atoms with E-state index >= 15 is 0 Å². The van der Waals surface area contributed by atoms with E-state index < -0.39 is 12.1 Å². The summed E-state index contributed by atoms with van der Waals surface area (Å²) in [7, 11) is 1.69. The number of hydrogen-bond donors (Lipinski definition) is 1. The monoisotopic (exact) mass is 325 g/mol. The van der Waals surface area contributed by atoms with E-state index in [-0.39, 0.29) is 5.82 Å². The highest BCUT2D eigenvalue weighted by molar-refractivity contribution is 5.52. The van der Waals surface area contributed by atoms with Crippen molar-refractivity contribution in [1.82, 2.24) is 30.1 Å². The standard InChI is InChI=1S/C12H10F3N7O/c1-22-18-6-9(20-22)17-5-8-3-2-7(4-16-8)10-19-11(23-21-10)12(13,14)15/h2-4,6H,5H2,1H3,(H,17,20). The minimum Gasteiger partial charge on any atom is -0.362 e. The minimum atomic E-state index is -4.67. The molecular weight excluding hydrogens is 315 g/mol. The molecule has 0 fully saturated rings. The van der Waals surface area contributed by atoms with Crippen LogP contribution >= 0.6 is 0 Å². The molecule has 0 aromatic carbocycles. The van der Waals surface area contributed by atoms with Gasteiger partial charge in [-0.25, -0.2) is 0 Å². The fraction of sp³-hybridized carbons (Fsp3) is 0.250. The van der Waals surface area contributed by atoms with E-state index in [0.29, 0.717) is 23.6 Å². The number of aryl methyl sites for hydroxylation is 1. The van der Waals surface area contributed by atoms with E-state index in [1.807, 2.05) is 0 Å². The third kappa shape index (κ3) is 3.44. The van der Waals surface area contributed by atoms with E-state index in [1.165, 1.54) is 11.0 Å².